The first-order valence-electron chi connectivity index (χ1n) is 7.03. The number of thiocarbonyl (C=S) groups is 1. The maximum atomic E-state index is 6.18. The standard InChI is InChI=1S/C15H14Cl2N6S/c1-22-5-4-14(21-22)20-15(24)19-12-7-18-23(9-12)8-10-2-3-11(16)6-13(10)17/h2-7,9H,8H2,1H3,(H2,19,20,21,24). The summed E-state index contributed by atoms with van der Waals surface area (Å²) in [5.74, 6) is 0.676. The molecule has 24 heavy (non-hydrogen) atoms. The van der Waals surface area contributed by atoms with E-state index in [2.05, 4.69) is 20.8 Å². The summed E-state index contributed by atoms with van der Waals surface area (Å²) in [6, 6.07) is 7.23. The number of hydrogen-bond donors (Lipinski definition) is 2. The number of hydrogen-bond acceptors (Lipinski definition) is 3. The van der Waals surface area contributed by atoms with Crippen LogP contribution in [0.1, 0.15) is 5.56 Å². The maximum Gasteiger partial charge on any atom is 0.176 e. The fraction of sp³-hybridized carbons (Fsp3) is 0.133. The Morgan fingerprint density at radius 2 is 2.08 bits per heavy atom. The van der Waals surface area contributed by atoms with Crippen LogP contribution in [0.15, 0.2) is 42.9 Å². The number of aryl methyl sites for hydroxylation is 1. The molecule has 124 valence electrons. The van der Waals surface area contributed by atoms with Crippen molar-refractivity contribution >= 4 is 52.0 Å². The number of nitrogens with one attached hydrogen (secondary N) is 2. The second kappa shape index (κ2) is 7.21. The average molecular weight is 381 g/mol. The van der Waals surface area contributed by atoms with Gasteiger partial charge < -0.3 is 10.6 Å². The van der Waals surface area contributed by atoms with Gasteiger partial charge in [0.15, 0.2) is 10.9 Å². The highest BCUT2D eigenvalue weighted by atomic mass is 35.5. The number of aromatic nitrogens is 4. The van der Waals surface area contributed by atoms with Crippen molar-refractivity contribution in [3.63, 3.8) is 0 Å². The predicted molar refractivity (Wildman–Crippen MR) is 101 cm³/mol. The molecule has 0 saturated heterocycles. The third-order valence-electron chi connectivity index (χ3n) is 3.19. The van der Waals surface area contributed by atoms with Crippen LogP contribution in [0.2, 0.25) is 10.0 Å². The highest BCUT2D eigenvalue weighted by Gasteiger charge is 2.06. The van der Waals surface area contributed by atoms with Crippen molar-refractivity contribution in [2.45, 2.75) is 6.54 Å². The smallest absolute Gasteiger partial charge is 0.176 e. The van der Waals surface area contributed by atoms with Crippen molar-refractivity contribution in [1.82, 2.24) is 19.6 Å². The zero-order valence-electron chi connectivity index (χ0n) is 12.7. The van der Waals surface area contributed by atoms with E-state index < -0.39 is 0 Å². The second-order valence-electron chi connectivity index (χ2n) is 5.12. The van der Waals surface area contributed by atoms with Crippen LogP contribution < -0.4 is 10.6 Å². The Morgan fingerprint density at radius 1 is 1.25 bits per heavy atom. The summed E-state index contributed by atoms with van der Waals surface area (Å²) in [6.45, 7) is 0.540. The Hall–Kier alpha value is -2.09. The summed E-state index contributed by atoms with van der Waals surface area (Å²) in [4.78, 5) is 0. The van der Waals surface area contributed by atoms with Gasteiger partial charge in [0.05, 0.1) is 18.4 Å². The molecular formula is C15H14Cl2N6S. The van der Waals surface area contributed by atoms with Gasteiger partial charge in [-0.2, -0.15) is 10.2 Å². The topological polar surface area (TPSA) is 59.7 Å². The van der Waals surface area contributed by atoms with Gasteiger partial charge in [-0.05, 0) is 29.9 Å². The van der Waals surface area contributed by atoms with Gasteiger partial charge in [-0.25, -0.2) is 0 Å². The van der Waals surface area contributed by atoms with E-state index in [9.17, 15) is 0 Å². The minimum absolute atomic E-state index is 0.442. The minimum Gasteiger partial charge on any atom is -0.330 e. The molecule has 6 nitrogen and oxygen atoms in total. The van der Waals surface area contributed by atoms with Gasteiger partial charge in [0.1, 0.15) is 0 Å². The summed E-state index contributed by atoms with van der Waals surface area (Å²) in [5, 5.41) is 16.2. The fourth-order valence-corrected chi connectivity index (χ4v) is 2.79. The lowest BCUT2D eigenvalue weighted by Gasteiger charge is -2.06. The molecule has 0 bridgehead atoms. The zero-order valence-corrected chi connectivity index (χ0v) is 15.0. The maximum absolute atomic E-state index is 6.18. The summed E-state index contributed by atoms with van der Waals surface area (Å²) >= 11 is 17.3. The average Bonchev–Trinajstić information content (AvgIpc) is 3.11. The Balaban J connectivity index is 1.61. The van der Waals surface area contributed by atoms with Crippen molar-refractivity contribution in [3.8, 4) is 0 Å². The molecular weight excluding hydrogens is 367 g/mol. The normalized spacial score (nSPS) is 10.6. The van der Waals surface area contributed by atoms with Crippen LogP contribution in [-0.4, -0.2) is 24.7 Å². The summed E-state index contributed by atoms with van der Waals surface area (Å²) in [5.41, 5.74) is 1.71. The Labute approximate surface area is 154 Å². The summed E-state index contributed by atoms with van der Waals surface area (Å²) < 4.78 is 3.46. The predicted octanol–water partition coefficient (Wildman–Crippen LogP) is 3.78. The van der Waals surface area contributed by atoms with E-state index in [4.69, 9.17) is 35.4 Å². The van der Waals surface area contributed by atoms with E-state index >= 15 is 0 Å². The van der Waals surface area contributed by atoms with E-state index in [1.807, 2.05) is 31.6 Å². The minimum atomic E-state index is 0.442. The van der Waals surface area contributed by atoms with Crippen LogP contribution in [0.4, 0.5) is 11.5 Å². The van der Waals surface area contributed by atoms with Crippen LogP contribution in [0.3, 0.4) is 0 Å². The van der Waals surface area contributed by atoms with Gasteiger partial charge >= 0.3 is 0 Å². The molecule has 0 atom stereocenters. The zero-order chi connectivity index (χ0) is 17.1. The Kier molecular flexibility index (Phi) is 5.03. The highest BCUT2D eigenvalue weighted by molar-refractivity contribution is 7.80. The first-order valence-corrected chi connectivity index (χ1v) is 8.20. The van der Waals surface area contributed by atoms with Crippen molar-refractivity contribution in [1.29, 1.82) is 0 Å². The molecule has 3 rings (SSSR count). The summed E-state index contributed by atoms with van der Waals surface area (Å²) in [6.07, 6.45) is 5.37. The third kappa shape index (κ3) is 4.25. The lowest BCUT2D eigenvalue weighted by molar-refractivity contribution is 0.687. The van der Waals surface area contributed by atoms with Gasteiger partial charge in [-0.1, -0.05) is 29.3 Å². The van der Waals surface area contributed by atoms with Gasteiger partial charge in [0.25, 0.3) is 0 Å². The van der Waals surface area contributed by atoms with E-state index in [-0.39, 0.29) is 0 Å². The number of rotatable bonds is 4. The van der Waals surface area contributed by atoms with Crippen LogP contribution in [-0.2, 0) is 13.6 Å². The molecule has 0 aliphatic rings. The highest BCUT2D eigenvalue weighted by Crippen LogP contribution is 2.22. The van der Waals surface area contributed by atoms with E-state index in [1.165, 1.54) is 0 Å². The van der Waals surface area contributed by atoms with Gasteiger partial charge in [-0.3, -0.25) is 9.36 Å². The summed E-state index contributed by atoms with van der Waals surface area (Å²) in [7, 11) is 1.84. The van der Waals surface area contributed by atoms with Crippen molar-refractivity contribution in [2.24, 2.45) is 7.05 Å². The number of nitrogens with zero attached hydrogens (tertiary/aromatic N) is 4. The molecule has 0 aliphatic carbocycles. The lowest BCUT2D eigenvalue weighted by Crippen LogP contribution is -2.19. The van der Waals surface area contributed by atoms with E-state index in [0.29, 0.717) is 27.5 Å². The van der Waals surface area contributed by atoms with E-state index in [1.54, 1.807) is 27.7 Å². The van der Waals surface area contributed by atoms with Crippen LogP contribution in [0.5, 0.6) is 0 Å². The molecule has 0 radical (unpaired) electrons. The largest absolute Gasteiger partial charge is 0.330 e. The van der Waals surface area contributed by atoms with Crippen LogP contribution in [0.25, 0.3) is 0 Å². The molecule has 0 amide bonds. The quantitative estimate of drug-likeness (QED) is 0.674. The van der Waals surface area contributed by atoms with Crippen molar-refractivity contribution in [2.75, 3.05) is 10.6 Å². The fourth-order valence-electron chi connectivity index (χ4n) is 2.10. The molecule has 0 fully saturated rings. The van der Waals surface area contributed by atoms with Gasteiger partial charge in [-0.15, -0.1) is 0 Å². The molecule has 0 unspecified atom stereocenters. The molecule has 3 aromatic rings. The number of halogens is 2. The molecule has 0 aliphatic heterocycles. The lowest BCUT2D eigenvalue weighted by atomic mass is 10.2. The molecule has 2 aromatic heterocycles. The Morgan fingerprint density at radius 3 is 2.79 bits per heavy atom. The van der Waals surface area contributed by atoms with Gasteiger partial charge in [0, 0.05) is 35.6 Å². The van der Waals surface area contributed by atoms with Crippen LogP contribution in [0, 0.1) is 0 Å². The van der Waals surface area contributed by atoms with E-state index in [0.717, 1.165) is 11.3 Å². The molecule has 9 heteroatoms. The Bertz CT molecular complexity index is 872. The molecule has 2 heterocycles. The third-order valence-corrected chi connectivity index (χ3v) is 3.98. The van der Waals surface area contributed by atoms with Crippen molar-refractivity contribution < 1.29 is 0 Å². The number of benzene rings is 1. The van der Waals surface area contributed by atoms with Crippen molar-refractivity contribution in [3.05, 3.63) is 58.5 Å². The first kappa shape index (κ1) is 16.8. The first-order chi connectivity index (χ1) is 11.5. The SMILES string of the molecule is Cn1ccc(NC(=S)Nc2cnn(Cc3ccc(Cl)cc3Cl)c2)n1. The molecule has 2 N–H and O–H groups in total. The monoisotopic (exact) mass is 380 g/mol. The van der Waals surface area contributed by atoms with Crippen LogP contribution >= 0.6 is 35.4 Å². The molecule has 0 saturated carbocycles. The number of anilines is 2. The molecule has 1 aromatic carbocycles. The van der Waals surface area contributed by atoms with Gasteiger partial charge in [0.2, 0.25) is 0 Å². The second-order valence-corrected chi connectivity index (χ2v) is 6.37. The molecule has 0 spiro atoms.